The SMILES string of the molecule is COC(=O)c1ccccc1NC(=O)c1cccc(Nc2cc(-c3ccccc3)nc(C)n2)c1. The summed E-state index contributed by atoms with van der Waals surface area (Å²) < 4.78 is 4.79. The number of ether oxygens (including phenoxy) is 1. The second-order valence-corrected chi connectivity index (χ2v) is 7.25. The van der Waals surface area contributed by atoms with E-state index < -0.39 is 5.97 Å². The quantitative estimate of drug-likeness (QED) is 0.400. The second-order valence-electron chi connectivity index (χ2n) is 7.25. The zero-order chi connectivity index (χ0) is 23.2. The Kier molecular flexibility index (Phi) is 6.40. The highest BCUT2D eigenvalue weighted by Crippen LogP contribution is 2.23. The zero-order valence-electron chi connectivity index (χ0n) is 18.2. The lowest BCUT2D eigenvalue weighted by Gasteiger charge is -2.12. The molecule has 0 fully saturated rings. The monoisotopic (exact) mass is 438 g/mol. The first-order chi connectivity index (χ1) is 16.0. The molecule has 33 heavy (non-hydrogen) atoms. The summed E-state index contributed by atoms with van der Waals surface area (Å²) >= 11 is 0. The molecule has 7 heteroatoms. The van der Waals surface area contributed by atoms with Crippen LogP contribution in [0.15, 0.2) is 84.9 Å². The minimum Gasteiger partial charge on any atom is -0.465 e. The highest BCUT2D eigenvalue weighted by molar-refractivity contribution is 6.08. The second kappa shape index (κ2) is 9.74. The van der Waals surface area contributed by atoms with Crippen molar-refractivity contribution in [3.63, 3.8) is 0 Å². The van der Waals surface area contributed by atoms with E-state index in [1.54, 1.807) is 42.5 Å². The van der Waals surface area contributed by atoms with Crippen LogP contribution in [-0.2, 0) is 4.74 Å². The van der Waals surface area contributed by atoms with Crippen molar-refractivity contribution in [2.24, 2.45) is 0 Å². The number of benzene rings is 3. The molecule has 0 spiro atoms. The van der Waals surface area contributed by atoms with Gasteiger partial charge in [-0.2, -0.15) is 0 Å². The van der Waals surface area contributed by atoms with Gasteiger partial charge < -0.3 is 15.4 Å². The Morgan fingerprint density at radius 2 is 1.61 bits per heavy atom. The number of methoxy groups -OCH3 is 1. The number of hydrogen-bond donors (Lipinski definition) is 2. The molecule has 0 saturated carbocycles. The fourth-order valence-electron chi connectivity index (χ4n) is 3.35. The van der Waals surface area contributed by atoms with E-state index in [4.69, 9.17) is 4.74 Å². The molecule has 7 nitrogen and oxygen atoms in total. The molecule has 0 aliphatic heterocycles. The molecule has 0 unspecified atom stereocenters. The van der Waals surface area contributed by atoms with E-state index in [0.29, 0.717) is 28.6 Å². The van der Waals surface area contributed by atoms with Gasteiger partial charge in [0, 0.05) is 22.9 Å². The molecule has 0 bridgehead atoms. The molecule has 0 radical (unpaired) electrons. The fraction of sp³-hybridized carbons (Fsp3) is 0.0769. The first-order valence-electron chi connectivity index (χ1n) is 10.3. The molecule has 0 atom stereocenters. The van der Waals surface area contributed by atoms with Crippen LogP contribution in [0.1, 0.15) is 26.5 Å². The van der Waals surface area contributed by atoms with Gasteiger partial charge in [-0.25, -0.2) is 14.8 Å². The van der Waals surface area contributed by atoms with Crippen molar-refractivity contribution in [3.8, 4) is 11.3 Å². The van der Waals surface area contributed by atoms with Crippen molar-refractivity contribution in [2.45, 2.75) is 6.92 Å². The maximum Gasteiger partial charge on any atom is 0.339 e. The van der Waals surface area contributed by atoms with E-state index in [0.717, 1.165) is 11.3 Å². The standard InChI is InChI=1S/C26H22N4O3/c1-17-27-23(18-9-4-3-5-10-18)16-24(28-17)29-20-12-8-11-19(15-20)25(31)30-22-14-7-6-13-21(22)26(32)33-2/h3-16H,1-2H3,(H,30,31)(H,27,28,29). The number of aromatic nitrogens is 2. The van der Waals surface area contributed by atoms with Crippen LogP contribution >= 0.6 is 0 Å². The van der Waals surface area contributed by atoms with Crippen LogP contribution in [0.4, 0.5) is 17.2 Å². The van der Waals surface area contributed by atoms with Crippen LogP contribution < -0.4 is 10.6 Å². The van der Waals surface area contributed by atoms with Gasteiger partial charge in [0.2, 0.25) is 0 Å². The van der Waals surface area contributed by atoms with E-state index in [9.17, 15) is 9.59 Å². The Balaban J connectivity index is 1.55. The summed E-state index contributed by atoms with van der Waals surface area (Å²) in [5.41, 5.74) is 3.58. The molecular weight excluding hydrogens is 416 g/mol. The molecule has 164 valence electrons. The average Bonchev–Trinajstić information content (AvgIpc) is 2.84. The van der Waals surface area contributed by atoms with Gasteiger partial charge in [-0.3, -0.25) is 4.79 Å². The number of nitrogens with zero attached hydrogens (tertiary/aromatic N) is 2. The van der Waals surface area contributed by atoms with Crippen molar-refractivity contribution in [1.82, 2.24) is 9.97 Å². The number of para-hydroxylation sites is 1. The number of anilines is 3. The van der Waals surface area contributed by atoms with Crippen LogP contribution in [0.2, 0.25) is 0 Å². The first-order valence-corrected chi connectivity index (χ1v) is 10.3. The molecular formula is C26H22N4O3. The van der Waals surface area contributed by atoms with Gasteiger partial charge in [-0.1, -0.05) is 48.5 Å². The van der Waals surface area contributed by atoms with Crippen LogP contribution in [-0.4, -0.2) is 29.0 Å². The number of carbonyl (C=O) groups is 2. The third-order valence-corrected chi connectivity index (χ3v) is 4.89. The smallest absolute Gasteiger partial charge is 0.339 e. The molecule has 0 aliphatic carbocycles. The van der Waals surface area contributed by atoms with Crippen LogP contribution in [0.5, 0.6) is 0 Å². The third-order valence-electron chi connectivity index (χ3n) is 4.89. The number of hydrogen-bond acceptors (Lipinski definition) is 6. The lowest BCUT2D eigenvalue weighted by atomic mass is 10.1. The number of esters is 1. The first kappa shape index (κ1) is 21.7. The molecule has 3 aromatic carbocycles. The zero-order valence-corrected chi connectivity index (χ0v) is 18.2. The van der Waals surface area contributed by atoms with Crippen molar-refractivity contribution >= 4 is 29.1 Å². The van der Waals surface area contributed by atoms with E-state index in [-0.39, 0.29) is 11.5 Å². The summed E-state index contributed by atoms with van der Waals surface area (Å²) in [6.45, 7) is 1.83. The van der Waals surface area contributed by atoms with Crippen molar-refractivity contribution in [2.75, 3.05) is 17.7 Å². The Bertz CT molecular complexity index is 1310. The van der Waals surface area contributed by atoms with Gasteiger partial charge in [0.05, 0.1) is 24.1 Å². The Hall–Kier alpha value is -4.52. The third kappa shape index (κ3) is 5.22. The molecule has 2 N–H and O–H groups in total. The molecule has 4 aromatic rings. The minimum atomic E-state index is -0.519. The van der Waals surface area contributed by atoms with Crippen molar-refractivity contribution in [3.05, 3.63) is 102 Å². The number of rotatable bonds is 6. The van der Waals surface area contributed by atoms with E-state index in [1.165, 1.54) is 7.11 Å². The Labute approximate surface area is 191 Å². The van der Waals surface area contributed by atoms with Crippen LogP contribution in [0.3, 0.4) is 0 Å². The summed E-state index contributed by atoms with van der Waals surface area (Å²) in [6, 6.07) is 25.4. The number of aryl methyl sites for hydroxylation is 1. The van der Waals surface area contributed by atoms with E-state index in [2.05, 4.69) is 20.6 Å². The molecule has 1 heterocycles. The minimum absolute atomic E-state index is 0.285. The van der Waals surface area contributed by atoms with Crippen molar-refractivity contribution < 1.29 is 14.3 Å². The molecule has 4 rings (SSSR count). The lowest BCUT2D eigenvalue weighted by Crippen LogP contribution is -2.15. The highest BCUT2D eigenvalue weighted by Gasteiger charge is 2.15. The predicted molar refractivity (Wildman–Crippen MR) is 128 cm³/mol. The summed E-state index contributed by atoms with van der Waals surface area (Å²) in [7, 11) is 1.30. The predicted octanol–water partition coefficient (Wildman–Crippen LogP) is 5.23. The van der Waals surface area contributed by atoms with Gasteiger partial charge in [-0.15, -0.1) is 0 Å². The van der Waals surface area contributed by atoms with Gasteiger partial charge in [0.15, 0.2) is 0 Å². The maximum absolute atomic E-state index is 12.9. The number of nitrogens with one attached hydrogen (secondary N) is 2. The Morgan fingerprint density at radius 3 is 2.39 bits per heavy atom. The van der Waals surface area contributed by atoms with Gasteiger partial charge in [-0.05, 0) is 37.3 Å². The molecule has 0 saturated heterocycles. The van der Waals surface area contributed by atoms with Gasteiger partial charge in [0.1, 0.15) is 11.6 Å². The summed E-state index contributed by atoms with van der Waals surface area (Å²) in [5.74, 6) is 0.385. The molecule has 1 aromatic heterocycles. The maximum atomic E-state index is 12.9. The van der Waals surface area contributed by atoms with Gasteiger partial charge >= 0.3 is 5.97 Å². The van der Waals surface area contributed by atoms with Crippen LogP contribution in [0.25, 0.3) is 11.3 Å². The van der Waals surface area contributed by atoms with Gasteiger partial charge in [0.25, 0.3) is 5.91 Å². The lowest BCUT2D eigenvalue weighted by molar-refractivity contribution is 0.0602. The Morgan fingerprint density at radius 1 is 0.848 bits per heavy atom. The summed E-state index contributed by atoms with van der Waals surface area (Å²) in [4.78, 5) is 33.8. The van der Waals surface area contributed by atoms with Crippen LogP contribution in [0, 0.1) is 6.92 Å². The highest BCUT2D eigenvalue weighted by atomic mass is 16.5. The molecule has 1 amide bonds. The molecule has 0 aliphatic rings. The van der Waals surface area contributed by atoms with E-state index in [1.807, 2.05) is 49.4 Å². The van der Waals surface area contributed by atoms with E-state index >= 15 is 0 Å². The fourth-order valence-corrected chi connectivity index (χ4v) is 3.35. The normalized spacial score (nSPS) is 10.4. The number of amides is 1. The largest absolute Gasteiger partial charge is 0.465 e. The van der Waals surface area contributed by atoms with Crippen molar-refractivity contribution in [1.29, 1.82) is 0 Å². The number of carbonyl (C=O) groups excluding carboxylic acids is 2. The topological polar surface area (TPSA) is 93.2 Å². The summed E-state index contributed by atoms with van der Waals surface area (Å²) in [6.07, 6.45) is 0. The average molecular weight is 438 g/mol. The summed E-state index contributed by atoms with van der Waals surface area (Å²) in [5, 5.41) is 6.03.